The lowest BCUT2D eigenvalue weighted by molar-refractivity contribution is 0.391. The number of thioether (sulfide) groups is 1. The molecule has 27 heavy (non-hydrogen) atoms. The average molecular weight is 403 g/mol. The minimum absolute atomic E-state index is 0.512. The van der Waals surface area contributed by atoms with E-state index in [1.807, 2.05) is 24.3 Å². The summed E-state index contributed by atoms with van der Waals surface area (Å²) < 4.78 is 7.70. The van der Waals surface area contributed by atoms with Crippen molar-refractivity contribution in [1.82, 2.24) is 24.9 Å². The third kappa shape index (κ3) is 3.43. The second-order valence-corrected chi connectivity index (χ2v) is 8.21. The molecule has 3 heterocycles. The Kier molecular flexibility index (Phi) is 4.53. The first-order valence-electron chi connectivity index (χ1n) is 9.20. The molecule has 2 fully saturated rings. The van der Waals surface area contributed by atoms with Gasteiger partial charge in [-0.2, -0.15) is 4.98 Å². The highest BCUT2D eigenvalue weighted by molar-refractivity contribution is 7.98. The van der Waals surface area contributed by atoms with Gasteiger partial charge in [0.05, 0.1) is 10.8 Å². The second kappa shape index (κ2) is 7.16. The highest BCUT2D eigenvalue weighted by atomic mass is 35.5. The minimum atomic E-state index is 0.512. The molecule has 1 aromatic carbocycles. The Labute approximate surface area is 166 Å². The summed E-state index contributed by atoms with van der Waals surface area (Å²) in [7, 11) is 0. The third-order valence-electron chi connectivity index (χ3n) is 4.86. The van der Waals surface area contributed by atoms with Crippen LogP contribution in [0.3, 0.4) is 0 Å². The Morgan fingerprint density at radius 1 is 1.15 bits per heavy atom. The quantitative estimate of drug-likeness (QED) is 0.572. The molecule has 5 rings (SSSR count). The first-order chi connectivity index (χ1) is 13.3. The maximum atomic E-state index is 6.22. The SMILES string of the molecule is Clc1ccccc1-c1noc(CSc2nnc(N3CCCC3)n2C2CC2)n1. The summed E-state index contributed by atoms with van der Waals surface area (Å²) in [5, 5.41) is 14.5. The molecule has 1 saturated carbocycles. The molecule has 2 aliphatic rings. The summed E-state index contributed by atoms with van der Waals surface area (Å²) in [4.78, 5) is 6.82. The molecule has 0 unspecified atom stereocenters. The lowest BCUT2D eigenvalue weighted by atomic mass is 10.2. The van der Waals surface area contributed by atoms with Gasteiger partial charge >= 0.3 is 0 Å². The minimum Gasteiger partial charge on any atom is -0.341 e. The van der Waals surface area contributed by atoms with Crippen LogP contribution >= 0.6 is 23.4 Å². The maximum absolute atomic E-state index is 6.22. The predicted octanol–water partition coefficient (Wildman–Crippen LogP) is 4.21. The first-order valence-corrected chi connectivity index (χ1v) is 10.6. The number of rotatable bonds is 6. The molecular formula is C18H19ClN6OS. The zero-order valence-electron chi connectivity index (χ0n) is 14.7. The van der Waals surface area contributed by atoms with Crippen molar-refractivity contribution < 1.29 is 4.52 Å². The van der Waals surface area contributed by atoms with Crippen LogP contribution in [0, 0.1) is 0 Å². The van der Waals surface area contributed by atoms with Crippen molar-refractivity contribution in [2.45, 2.75) is 42.6 Å². The molecule has 0 spiro atoms. The molecule has 0 atom stereocenters. The van der Waals surface area contributed by atoms with E-state index in [1.54, 1.807) is 11.8 Å². The fourth-order valence-corrected chi connectivity index (χ4v) is 4.40. The molecular weight excluding hydrogens is 384 g/mol. The number of hydrogen-bond acceptors (Lipinski definition) is 7. The molecule has 140 valence electrons. The van der Waals surface area contributed by atoms with Gasteiger partial charge in [-0.05, 0) is 37.8 Å². The molecule has 7 nitrogen and oxygen atoms in total. The monoisotopic (exact) mass is 402 g/mol. The predicted molar refractivity (Wildman–Crippen MR) is 104 cm³/mol. The van der Waals surface area contributed by atoms with Crippen molar-refractivity contribution in [2.24, 2.45) is 0 Å². The van der Waals surface area contributed by atoms with E-state index in [4.69, 9.17) is 16.1 Å². The van der Waals surface area contributed by atoms with E-state index in [9.17, 15) is 0 Å². The Balaban J connectivity index is 1.33. The standard InChI is InChI=1S/C18H19ClN6OS/c19-14-6-2-1-5-13(14)16-20-15(26-23-16)11-27-18-22-21-17(24-9-3-4-10-24)25(18)12-7-8-12/h1-2,5-6,12H,3-4,7-11H2. The summed E-state index contributed by atoms with van der Waals surface area (Å²) in [5.41, 5.74) is 0.775. The van der Waals surface area contributed by atoms with Gasteiger partial charge in [-0.25, -0.2) is 0 Å². The van der Waals surface area contributed by atoms with Crippen LogP contribution in [0.2, 0.25) is 5.02 Å². The molecule has 9 heteroatoms. The second-order valence-electron chi connectivity index (χ2n) is 6.86. The summed E-state index contributed by atoms with van der Waals surface area (Å²) in [6.07, 6.45) is 4.85. The summed E-state index contributed by atoms with van der Waals surface area (Å²) >= 11 is 7.81. The largest absolute Gasteiger partial charge is 0.341 e. The van der Waals surface area contributed by atoms with Gasteiger partial charge in [0, 0.05) is 24.7 Å². The summed E-state index contributed by atoms with van der Waals surface area (Å²) in [6.45, 7) is 2.14. The van der Waals surface area contributed by atoms with E-state index in [2.05, 4.69) is 29.8 Å². The lowest BCUT2D eigenvalue weighted by Gasteiger charge is -2.17. The maximum Gasteiger partial charge on any atom is 0.237 e. The number of halogens is 1. The van der Waals surface area contributed by atoms with Crippen LogP contribution in [0.25, 0.3) is 11.4 Å². The van der Waals surface area contributed by atoms with E-state index in [0.29, 0.717) is 28.5 Å². The third-order valence-corrected chi connectivity index (χ3v) is 6.11. The van der Waals surface area contributed by atoms with Gasteiger partial charge < -0.3 is 9.42 Å². The van der Waals surface area contributed by atoms with Crippen LogP contribution in [0.4, 0.5) is 5.95 Å². The number of hydrogen-bond donors (Lipinski definition) is 0. The first kappa shape index (κ1) is 17.1. The molecule has 0 radical (unpaired) electrons. The molecule has 0 N–H and O–H groups in total. The van der Waals surface area contributed by atoms with Crippen LogP contribution < -0.4 is 4.90 Å². The van der Waals surface area contributed by atoms with Crippen molar-refractivity contribution in [3.8, 4) is 11.4 Å². The van der Waals surface area contributed by atoms with Crippen molar-refractivity contribution in [2.75, 3.05) is 18.0 Å². The van der Waals surface area contributed by atoms with Gasteiger partial charge in [-0.1, -0.05) is 40.7 Å². The van der Waals surface area contributed by atoms with E-state index < -0.39 is 0 Å². The van der Waals surface area contributed by atoms with Crippen LogP contribution in [0.15, 0.2) is 33.9 Å². The van der Waals surface area contributed by atoms with Crippen LogP contribution in [-0.4, -0.2) is 38.0 Å². The van der Waals surface area contributed by atoms with Crippen molar-refractivity contribution >= 4 is 29.3 Å². The zero-order chi connectivity index (χ0) is 18.2. The molecule has 1 aliphatic carbocycles. The van der Waals surface area contributed by atoms with Crippen molar-refractivity contribution in [1.29, 1.82) is 0 Å². The molecule has 0 bridgehead atoms. The van der Waals surface area contributed by atoms with Gasteiger partial charge in [0.15, 0.2) is 5.16 Å². The number of nitrogens with zero attached hydrogens (tertiary/aromatic N) is 6. The fourth-order valence-electron chi connectivity index (χ4n) is 3.34. The molecule has 1 aliphatic heterocycles. The number of benzene rings is 1. The smallest absolute Gasteiger partial charge is 0.237 e. The topological polar surface area (TPSA) is 72.9 Å². The highest BCUT2D eigenvalue weighted by Gasteiger charge is 2.32. The summed E-state index contributed by atoms with van der Waals surface area (Å²) in [6, 6.07) is 8.02. The van der Waals surface area contributed by atoms with E-state index >= 15 is 0 Å². The fraction of sp³-hybridized carbons (Fsp3) is 0.444. The van der Waals surface area contributed by atoms with Gasteiger partial charge in [0.1, 0.15) is 0 Å². The van der Waals surface area contributed by atoms with Gasteiger partial charge in [0.25, 0.3) is 0 Å². The number of aromatic nitrogens is 5. The Hall–Kier alpha value is -2.06. The number of anilines is 1. The van der Waals surface area contributed by atoms with E-state index in [-0.39, 0.29) is 0 Å². The molecule has 2 aromatic heterocycles. The average Bonchev–Trinajstić information content (AvgIpc) is 3.10. The molecule has 1 saturated heterocycles. The van der Waals surface area contributed by atoms with Crippen LogP contribution in [0.5, 0.6) is 0 Å². The Morgan fingerprint density at radius 3 is 2.74 bits per heavy atom. The molecule has 0 amide bonds. The van der Waals surface area contributed by atoms with Gasteiger partial charge in [0.2, 0.25) is 17.7 Å². The normalized spacial score (nSPS) is 17.0. The van der Waals surface area contributed by atoms with Crippen molar-refractivity contribution in [3.63, 3.8) is 0 Å². The van der Waals surface area contributed by atoms with Gasteiger partial charge in [-0.15, -0.1) is 10.2 Å². The zero-order valence-corrected chi connectivity index (χ0v) is 16.3. The van der Waals surface area contributed by atoms with Crippen LogP contribution in [0.1, 0.15) is 37.6 Å². The summed E-state index contributed by atoms with van der Waals surface area (Å²) in [5.74, 6) is 2.64. The Morgan fingerprint density at radius 2 is 1.96 bits per heavy atom. The molecule has 3 aromatic rings. The van der Waals surface area contributed by atoms with E-state index in [0.717, 1.165) is 29.8 Å². The van der Waals surface area contributed by atoms with Crippen molar-refractivity contribution in [3.05, 3.63) is 35.2 Å². The van der Waals surface area contributed by atoms with Gasteiger partial charge in [-0.3, -0.25) is 4.57 Å². The Bertz CT molecular complexity index is 947. The van der Waals surface area contributed by atoms with Crippen LogP contribution in [-0.2, 0) is 5.75 Å². The van der Waals surface area contributed by atoms with E-state index in [1.165, 1.54) is 25.7 Å². The highest BCUT2D eigenvalue weighted by Crippen LogP contribution is 2.41. The lowest BCUT2D eigenvalue weighted by Crippen LogP contribution is -2.22.